The van der Waals surface area contributed by atoms with Gasteiger partial charge in [0.25, 0.3) is 5.91 Å². The van der Waals surface area contributed by atoms with Crippen LogP contribution in [-0.2, 0) is 4.79 Å². The van der Waals surface area contributed by atoms with E-state index < -0.39 is 23.5 Å². The summed E-state index contributed by atoms with van der Waals surface area (Å²) in [5, 5.41) is 11.4. The van der Waals surface area contributed by atoms with Gasteiger partial charge in [0, 0.05) is 0 Å². The normalized spacial score (nSPS) is 15.4. The highest BCUT2D eigenvalue weighted by Gasteiger charge is 2.46. The highest BCUT2D eigenvalue weighted by Crippen LogP contribution is 2.46. The van der Waals surface area contributed by atoms with Crippen LogP contribution in [-0.4, -0.2) is 42.1 Å². The maximum Gasteiger partial charge on any atom is 0.296 e. The highest BCUT2D eigenvalue weighted by atomic mass is 32.1. The Morgan fingerprint density at radius 3 is 2.55 bits per heavy atom. The van der Waals surface area contributed by atoms with Crippen molar-refractivity contribution in [1.29, 1.82) is 0 Å². The lowest BCUT2D eigenvalue weighted by Crippen LogP contribution is -2.31. The molecule has 2 aromatic heterocycles. The van der Waals surface area contributed by atoms with Gasteiger partial charge in [0.2, 0.25) is 5.78 Å². The maximum atomic E-state index is 13.6. The third kappa shape index (κ3) is 4.37. The van der Waals surface area contributed by atoms with Crippen LogP contribution in [0.3, 0.4) is 0 Å². The molecule has 0 bridgehead atoms. The summed E-state index contributed by atoms with van der Waals surface area (Å²) in [5.74, 6) is 0.187. The molecule has 1 amide bonds. The van der Waals surface area contributed by atoms with Crippen molar-refractivity contribution >= 4 is 38.4 Å². The van der Waals surface area contributed by atoms with Crippen molar-refractivity contribution in [2.75, 3.05) is 25.2 Å². The smallest absolute Gasteiger partial charge is 0.296 e. The molecule has 1 unspecified atom stereocenters. The standard InChI is InChI=1S/C28H26N2O7S/c1-5-35-17-9-10-18-22(14-17)38-28(29-18)30-24(16-8-12-19(36-6-2)21(13-16)34-4)23(26(32)27(30)33)25(31)20-11-7-15(3)37-20/h7-14,24,32H,5-6H2,1-4H3. The average Bonchev–Trinajstić information content (AvgIpc) is 3.60. The van der Waals surface area contributed by atoms with E-state index >= 15 is 0 Å². The molecule has 0 saturated heterocycles. The van der Waals surface area contributed by atoms with Crippen molar-refractivity contribution in [2.24, 2.45) is 0 Å². The van der Waals surface area contributed by atoms with Gasteiger partial charge < -0.3 is 23.7 Å². The number of thiazole rings is 1. The molecule has 3 heterocycles. The van der Waals surface area contributed by atoms with Gasteiger partial charge in [-0.1, -0.05) is 17.4 Å². The minimum Gasteiger partial charge on any atom is -0.503 e. The van der Waals surface area contributed by atoms with Crippen molar-refractivity contribution in [3.63, 3.8) is 0 Å². The molecule has 0 spiro atoms. The van der Waals surface area contributed by atoms with Crippen LogP contribution < -0.4 is 19.1 Å². The van der Waals surface area contributed by atoms with E-state index in [1.54, 1.807) is 43.3 Å². The molecule has 1 aliphatic rings. The zero-order chi connectivity index (χ0) is 27.0. The van der Waals surface area contributed by atoms with Crippen LogP contribution in [0.4, 0.5) is 5.13 Å². The minimum atomic E-state index is -0.989. The van der Waals surface area contributed by atoms with Gasteiger partial charge in [-0.05, 0) is 68.8 Å². The molecule has 10 heteroatoms. The fraction of sp³-hybridized carbons (Fsp3) is 0.250. The zero-order valence-corrected chi connectivity index (χ0v) is 22.1. The number of carbonyl (C=O) groups is 2. The second kappa shape index (κ2) is 10.2. The predicted molar refractivity (Wildman–Crippen MR) is 143 cm³/mol. The molecular weight excluding hydrogens is 508 g/mol. The van der Waals surface area contributed by atoms with Gasteiger partial charge in [-0.3, -0.25) is 14.5 Å². The Bertz CT molecular complexity index is 1570. The molecule has 0 radical (unpaired) electrons. The quantitative estimate of drug-likeness (QED) is 0.269. The molecule has 5 rings (SSSR count). The Hall–Kier alpha value is -4.31. The van der Waals surface area contributed by atoms with E-state index in [9.17, 15) is 14.7 Å². The van der Waals surface area contributed by atoms with Gasteiger partial charge in [0.05, 0.1) is 42.2 Å². The van der Waals surface area contributed by atoms with E-state index in [0.717, 1.165) is 4.70 Å². The van der Waals surface area contributed by atoms with Crippen molar-refractivity contribution in [1.82, 2.24) is 4.98 Å². The number of aliphatic hydroxyl groups excluding tert-OH is 1. The second-order valence-corrected chi connectivity index (χ2v) is 9.49. The first-order valence-corrected chi connectivity index (χ1v) is 12.9. The van der Waals surface area contributed by atoms with Crippen LogP contribution in [0.25, 0.3) is 10.2 Å². The number of fused-ring (bicyclic) bond motifs is 1. The number of benzene rings is 2. The van der Waals surface area contributed by atoms with Crippen LogP contribution in [0.5, 0.6) is 17.2 Å². The minimum absolute atomic E-state index is 0.0206. The molecule has 2 aromatic carbocycles. The summed E-state index contributed by atoms with van der Waals surface area (Å²) < 4.78 is 23.1. The first-order chi connectivity index (χ1) is 18.4. The number of aryl methyl sites for hydroxylation is 1. The SMILES string of the molecule is CCOc1ccc2nc(N3C(=O)C(O)=C(C(=O)c4ccc(C)o4)C3c3ccc(OCC)c(OC)c3)sc2c1. The lowest BCUT2D eigenvalue weighted by Gasteiger charge is -2.25. The summed E-state index contributed by atoms with van der Waals surface area (Å²) in [6, 6.07) is 12.8. The van der Waals surface area contributed by atoms with Crippen LogP contribution in [0.1, 0.15) is 41.8 Å². The lowest BCUT2D eigenvalue weighted by molar-refractivity contribution is -0.117. The summed E-state index contributed by atoms with van der Waals surface area (Å²) in [6.45, 7) is 6.41. The second-order valence-electron chi connectivity index (χ2n) is 8.48. The zero-order valence-electron chi connectivity index (χ0n) is 21.3. The number of carbonyl (C=O) groups excluding carboxylic acids is 2. The Kier molecular flexibility index (Phi) is 6.81. The maximum absolute atomic E-state index is 13.6. The number of nitrogens with zero attached hydrogens (tertiary/aromatic N) is 2. The number of aliphatic hydroxyl groups is 1. The number of rotatable bonds is 9. The average molecular weight is 535 g/mol. The fourth-order valence-corrected chi connectivity index (χ4v) is 5.44. The van der Waals surface area contributed by atoms with Crippen LogP contribution in [0.2, 0.25) is 0 Å². The Balaban J connectivity index is 1.66. The van der Waals surface area contributed by atoms with Crippen molar-refractivity contribution in [2.45, 2.75) is 26.8 Å². The molecule has 0 saturated carbocycles. The molecule has 1 atom stereocenters. The van der Waals surface area contributed by atoms with E-state index in [1.165, 1.54) is 29.4 Å². The van der Waals surface area contributed by atoms with Crippen molar-refractivity contribution in [3.8, 4) is 17.2 Å². The molecule has 9 nitrogen and oxygen atoms in total. The largest absolute Gasteiger partial charge is 0.503 e. The van der Waals surface area contributed by atoms with E-state index in [0.29, 0.717) is 52.4 Å². The molecular formula is C28H26N2O7S. The van der Waals surface area contributed by atoms with Crippen molar-refractivity contribution < 1.29 is 33.3 Å². The lowest BCUT2D eigenvalue weighted by atomic mass is 9.95. The first kappa shape index (κ1) is 25.3. The van der Waals surface area contributed by atoms with Gasteiger partial charge >= 0.3 is 0 Å². The monoisotopic (exact) mass is 534 g/mol. The van der Waals surface area contributed by atoms with Gasteiger partial charge in [-0.25, -0.2) is 4.98 Å². The number of ether oxygens (including phenoxy) is 3. The molecule has 38 heavy (non-hydrogen) atoms. The summed E-state index contributed by atoms with van der Waals surface area (Å²) in [4.78, 5) is 33.1. The molecule has 196 valence electrons. The van der Waals surface area contributed by atoms with E-state index in [4.69, 9.17) is 18.6 Å². The molecule has 0 fully saturated rings. The van der Waals surface area contributed by atoms with Crippen LogP contribution in [0, 0.1) is 6.92 Å². The van der Waals surface area contributed by atoms with Crippen LogP contribution in [0.15, 0.2) is 64.3 Å². The van der Waals surface area contributed by atoms with Gasteiger partial charge in [-0.2, -0.15) is 0 Å². The van der Waals surface area contributed by atoms with Gasteiger partial charge in [-0.15, -0.1) is 0 Å². The number of hydrogen-bond acceptors (Lipinski definition) is 9. The third-order valence-corrected chi connectivity index (χ3v) is 7.10. The van der Waals surface area contributed by atoms with E-state index in [1.807, 2.05) is 19.9 Å². The number of methoxy groups -OCH3 is 1. The topological polar surface area (TPSA) is 111 Å². The highest BCUT2D eigenvalue weighted by molar-refractivity contribution is 7.22. The Morgan fingerprint density at radius 2 is 1.87 bits per heavy atom. The number of aromatic nitrogens is 1. The predicted octanol–water partition coefficient (Wildman–Crippen LogP) is 5.79. The van der Waals surface area contributed by atoms with Gasteiger partial charge in [0.1, 0.15) is 11.5 Å². The number of amides is 1. The van der Waals surface area contributed by atoms with Crippen LogP contribution >= 0.6 is 11.3 Å². The number of ketones is 1. The third-order valence-electron chi connectivity index (χ3n) is 6.09. The molecule has 1 aliphatic heterocycles. The summed E-state index contributed by atoms with van der Waals surface area (Å²) in [5.41, 5.74) is 1.08. The number of furan rings is 1. The summed E-state index contributed by atoms with van der Waals surface area (Å²) in [7, 11) is 1.51. The number of anilines is 1. The summed E-state index contributed by atoms with van der Waals surface area (Å²) in [6.07, 6.45) is 0. The van der Waals surface area contributed by atoms with Gasteiger partial charge in [0.15, 0.2) is 28.1 Å². The first-order valence-electron chi connectivity index (χ1n) is 12.1. The fourth-order valence-electron chi connectivity index (χ4n) is 4.42. The number of hydrogen-bond donors (Lipinski definition) is 1. The van der Waals surface area contributed by atoms with Crippen molar-refractivity contribution in [3.05, 3.63) is 76.9 Å². The van der Waals surface area contributed by atoms with E-state index in [2.05, 4.69) is 4.98 Å². The molecule has 4 aromatic rings. The Morgan fingerprint density at radius 1 is 1.08 bits per heavy atom. The summed E-state index contributed by atoms with van der Waals surface area (Å²) >= 11 is 1.26. The Labute approximate surface area is 222 Å². The van der Waals surface area contributed by atoms with E-state index in [-0.39, 0.29) is 11.3 Å². The molecule has 1 N–H and O–H groups in total. The number of Topliss-reactive ketones (excluding diaryl/α,β-unsaturated/α-hetero) is 1. The molecule has 0 aliphatic carbocycles.